The molecule has 0 bridgehead atoms. The van der Waals surface area contributed by atoms with Gasteiger partial charge in [-0.05, 0) is 59.7 Å². The first-order chi connectivity index (χ1) is 14.6. The maximum atomic E-state index is 12.5. The first kappa shape index (κ1) is 19.3. The monoisotopic (exact) mass is 438 g/mol. The van der Waals surface area contributed by atoms with Crippen molar-refractivity contribution in [3.8, 4) is 0 Å². The maximum absolute atomic E-state index is 12.5. The number of rotatable bonds is 6. The van der Waals surface area contributed by atoms with Gasteiger partial charge in [0.1, 0.15) is 4.90 Å². The van der Waals surface area contributed by atoms with E-state index in [-0.39, 0.29) is 4.90 Å². The number of H-pyrrole nitrogens is 1. The molecule has 1 saturated heterocycles. The lowest BCUT2D eigenvalue weighted by Crippen LogP contribution is -2.19. The molecule has 1 aliphatic heterocycles. The Hall–Kier alpha value is -2.68. The number of sulfonamides is 1. The van der Waals surface area contributed by atoms with Gasteiger partial charge < -0.3 is 4.98 Å². The number of nitrogens with one attached hydrogen (secondary N) is 2. The zero-order valence-corrected chi connectivity index (χ0v) is 17.9. The molecule has 2 N–H and O–H groups in total. The van der Waals surface area contributed by atoms with E-state index in [0.717, 1.165) is 37.6 Å². The molecule has 0 spiro atoms. The second kappa shape index (κ2) is 7.86. The van der Waals surface area contributed by atoms with Crippen molar-refractivity contribution in [1.29, 1.82) is 0 Å². The molecule has 154 valence electrons. The Morgan fingerprint density at radius 1 is 1.20 bits per heavy atom. The fourth-order valence-corrected chi connectivity index (χ4v) is 6.00. The molecular weight excluding hydrogens is 416 g/mol. The molecule has 1 fully saturated rings. The molecule has 2 aromatic heterocycles. The van der Waals surface area contributed by atoms with Gasteiger partial charge in [-0.25, -0.2) is 8.42 Å². The van der Waals surface area contributed by atoms with Crippen molar-refractivity contribution >= 4 is 38.1 Å². The lowest BCUT2D eigenvalue weighted by molar-refractivity contribution is 0.328. The molecule has 1 aliphatic rings. The summed E-state index contributed by atoms with van der Waals surface area (Å²) in [5, 5.41) is 2.81. The fourth-order valence-electron chi connectivity index (χ4n) is 4.15. The topological polar surface area (TPSA) is 78.1 Å². The highest BCUT2D eigenvalue weighted by Gasteiger charge is 2.25. The number of likely N-dealkylation sites (tertiary alicyclic amines) is 1. The molecule has 0 aliphatic carbocycles. The normalized spacial score (nSPS) is 17.5. The van der Waals surface area contributed by atoms with E-state index in [1.807, 2.05) is 18.2 Å². The van der Waals surface area contributed by atoms with Crippen LogP contribution in [0.3, 0.4) is 0 Å². The lowest BCUT2D eigenvalue weighted by atomic mass is 9.98. The predicted octanol–water partition coefficient (Wildman–Crippen LogP) is 4.41. The second-order valence-electron chi connectivity index (χ2n) is 7.67. The van der Waals surface area contributed by atoms with Crippen LogP contribution in [0.25, 0.3) is 10.9 Å². The van der Waals surface area contributed by atoms with E-state index >= 15 is 0 Å². The van der Waals surface area contributed by atoms with Crippen molar-refractivity contribution < 1.29 is 8.42 Å². The fraction of sp³-hybridized carbons (Fsp3) is 0.227. The summed E-state index contributed by atoms with van der Waals surface area (Å²) in [4.78, 5) is 6.01. The Morgan fingerprint density at radius 3 is 2.97 bits per heavy atom. The molecule has 0 amide bonds. The van der Waals surface area contributed by atoms with Crippen molar-refractivity contribution in [2.45, 2.75) is 23.8 Å². The van der Waals surface area contributed by atoms with Gasteiger partial charge in [0.15, 0.2) is 0 Å². The third kappa shape index (κ3) is 3.86. The van der Waals surface area contributed by atoms with Crippen molar-refractivity contribution in [2.24, 2.45) is 0 Å². The zero-order chi connectivity index (χ0) is 20.6. The number of hydrogen-bond donors (Lipinski definition) is 2. The highest BCUT2D eigenvalue weighted by Crippen LogP contribution is 2.31. The summed E-state index contributed by atoms with van der Waals surface area (Å²) in [6.45, 7) is 2.91. The minimum atomic E-state index is -3.59. The van der Waals surface area contributed by atoms with Crippen molar-refractivity contribution in [3.63, 3.8) is 0 Å². The lowest BCUT2D eigenvalue weighted by Gasteiger charge is -2.16. The van der Waals surface area contributed by atoms with Crippen LogP contribution in [-0.2, 0) is 16.6 Å². The van der Waals surface area contributed by atoms with Gasteiger partial charge in [0.25, 0.3) is 10.0 Å². The van der Waals surface area contributed by atoms with E-state index in [2.05, 4.69) is 49.4 Å². The molecule has 8 heteroatoms. The standard InChI is InChI=1S/C22H22N4O2S2/c27-30(28,20-12-24-29-15-20)25-19-5-3-4-16(10-19)17-8-9-26(13-17)14-18-11-23-22-7-2-1-6-21(18)22/h1-7,10-12,15,17,23,25H,8-9,13-14H2. The summed E-state index contributed by atoms with van der Waals surface area (Å²) in [6, 6.07) is 16.1. The highest BCUT2D eigenvalue weighted by atomic mass is 32.2. The molecule has 1 atom stereocenters. The summed E-state index contributed by atoms with van der Waals surface area (Å²) in [7, 11) is -3.59. The number of benzene rings is 2. The van der Waals surface area contributed by atoms with Gasteiger partial charge >= 0.3 is 0 Å². The summed E-state index contributed by atoms with van der Waals surface area (Å²) < 4.78 is 31.5. The number of nitrogens with zero attached hydrogens (tertiary/aromatic N) is 2. The molecule has 3 heterocycles. The van der Waals surface area contributed by atoms with Crippen LogP contribution in [0.1, 0.15) is 23.5 Å². The van der Waals surface area contributed by atoms with E-state index in [1.165, 1.54) is 33.6 Å². The summed E-state index contributed by atoms with van der Waals surface area (Å²) in [5.41, 5.74) is 4.25. The van der Waals surface area contributed by atoms with Crippen molar-refractivity contribution in [2.75, 3.05) is 17.8 Å². The largest absolute Gasteiger partial charge is 0.361 e. The quantitative estimate of drug-likeness (QED) is 0.467. The van der Waals surface area contributed by atoms with Crippen LogP contribution in [0.4, 0.5) is 5.69 Å². The van der Waals surface area contributed by atoms with Crippen LogP contribution in [-0.4, -0.2) is 35.8 Å². The third-order valence-corrected chi connectivity index (χ3v) is 7.76. The average Bonchev–Trinajstić information content (AvgIpc) is 3.50. The van der Waals surface area contributed by atoms with Gasteiger partial charge in [-0.15, -0.1) is 0 Å². The molecule has 6 nitrogen and oxygen atoms in total. The minimum Gasteiger partial charge on any atom is -0.361 e. The van der Waals surface area contributed by atoms with E-state index < -0.39 is 10.0 Å². The Bertz CT molecular complexity index is 1270. The summed E-state index contributed by atoms with van der Waals surface area (Å²) in [5.74, 6) is 0.391. The van der Waals surface area contributed by atoms with Crippen molar-refractivity contribution in [1.82, 2.24) is 14.3 Å². The number of anilines is 1. The molecule has 30 heavy (non-hydrogen) atoms. The van der Waals surface area contributed by atoms with Gasteiger partial charge in [0.2, 0.25) is 0 Å². The Morgan fingerprint density at radius 2 is 2.10 bits per heavy atom. The number of aromatic amines is 1. The van der Waals surface area contributed by atoms with Crippen LogP contribution in [0.15, 0.2) is 71.2 Å². The summed E-state index contributed by atoms with van der Waals surface area (Å²) >= 11 is 1.13. The Kier molecular flexibility index (Phi) is 5.06. The molecule has 0 radical (unpaired) electrons. The average molecular weight is 439 g/mol. The third-order valence-electron chi connectivity index (χ3n) is 5.67. The van der Waals surface area contributed by atoms with Gasteiger partial charge in [-0.3, -0.25) is 9.62 Å². The van der Waals surface area contributed by atoms with Crippen LogP contribution in [0, 0.1) is 0 Å². The number of fused-ring (bicyclic) bond motifs is 1. The molecule has 5 rings (SSSR count). The van der Waals surface area contributed by atoms with E-state index in [4.69, 9.17) is 0 Å². The van der Waals surface area contributed by atoms with E-state index in [9.17, 15) is 8.42 Å². The maximum Gasteiger partial charge on any atom is 0.264 e. The molecule has 4 aromatic rings. The zero-order valence-electron chi connectivity index (χ0n) is 16.3. The molecular formula is C22H22N4O2S2. The SMILES string of the molecule is O=S(=O)(Nc1cccc(C2CCN(Cc3c[nH]c4ccccc34)C2)c1)c1cnsc1. The van der Waals surface area contributed by atoms with Gasteiger partial charge in [0, 0.05) is 41.3 Å². The van der Waals surface area contributed by atoms with Gasteiger partial charge in [-0.2, -0.15) is 4.37 Å². The van der Waals surface area contributed by atoms with E-state index in [0.29, 0.717) is 11.6 Å². The van der Waals surface area contributed by atoms with E-state index in [1.54, 1.807) is 6.07 Å². The molecule has 2 aromatic carbocycles. The molecule has 1 unspecified atom stereocenters. The number of hydrogen-bond acceptors (Lipinski definition) is 5. The Labute approximate surface area is 179 Å². The molecule has 0 saturated carbocycles. The minimum absolute atomic E-state index is 0.198. The second-order valence-corrected chi connectivity index (χ2v) is 10.0. The van der Waals surface area contributed by atoms with Gasteiger partial charge in [0.05, 0.1) is 6.20 Å². The predicted molar refractivity (Wildman–Crippen MR) is 120 cm³/mol. The number of aromatic nitrogens is 2. The van der Waals surface area contributed by atoms with Crippen LogP contribution < -0.4 is 4.72 Å². The first-order valence-corrected chi connectivity index (χ1v) is 12.2. The first-order valence-electron chi connectivity index (χ1n) is 9.88. The van der Waals surface area contributed by atoms with Crippen LogP contribution >= 0.6 is 11.5 Å². The highest BCUT2D eigenvalue weighted by molar-refractivity contribution is 7.92. The summed E-state index contributed by atoms with van der Waals surface area (Å²) in [6.07, 6.45) is 4.54. The Balaban J connectivity index is 1.28. The van der Waals surface area contributed by atoms with Crippen LogP contribution in [0.2, 0.25) is 0 Å². The van der Waals surface area contributed by atoms with Gasteiger partial charge in [-0.1, -0.05) is 30.3 Å². The van der Waals surface area contributed by atoms with Crippen LogP contribution in [0.5, 0.6) is 0 Å². The smallest absolute Gasteiger partial charge is 0.264 e. The number of para-hydroxylation sites is 1. The van der Waals surface area contributed by atoms with Crippen molar-refractivity contribution in [3.05, 3.63) is 77.4 Å².